The third-order valence-electron chi connectivity index (χ3n) is 2.31. The molecule has 2 N–H and O–H groups in total. The van der Waals surface area contributed by atoms with Gasteiger partial charge in [-0.1, -0.05) is 18.2 Å². The molecular formula is C11H13F3N2O. The number of rotatable bonds is 3. The van der Waals surface area contributed by atoms with Gasteiger partial charge in [-0.3, -0.25) is 4.79 Å². The number of alkyl halides is 3. The second-order valence-corrected chi connectivity index (χ2v) is 3.38. The molecule has 1 amide bonds. The van der Waals surface area contributed by atoms with E-state index in [4.69, 9.17) is 5.73 Å². The summed E-state index contributed by atoms with van der Waals surface area (Å²) in [4.78, 5) is 11.9. The molecule has 0 radical (unpaired) electrons. The van der Waals surface area contributed by atoms with Gasteiger partial charge < -0.3 is 10.6 Å². The molecule has 0 bridgehead atoms. The number of benzene rings is 1. The van der Waals surface area contributed by atoms with Crippen LogP contribution in [-0.4, -0.2) is 18.6 Å². The van der Waals surface area contributed by atoms with E-state index in [0.717, 1.165) is 0 Å². The number of carbonyl (C=O) groups excluding carboxylic acids is 1. The van der Waals surface area contributed by atoms with Crippen molar-refractivity contribution < 1.29 is 18.0 Å². The van der Waals surface area contributed by atoms with Crippen molar-refractivity contribution in [3.63, 3.8) is 0 Å². The second-order valence-electron chi connectivity index (χ2n) is 3.38. The normalized spacial score (nSPS) is 11.4. The van der Waals surface area contributed by atoms with Crippen LogP contribution in [0.15, 0.2) is 24.3 Å². The molecule has 0 unspecified atom stereocenters. The molecule has 94 valence electrons. The van der Waals surface area contributed by atoms with Crippen LogP contribution in [0.2, 0.25) is 0 Å². The van der Waals surface area contributed by atoms with E-state index >= 15 is 0 Å². The number of carbonyl (C=O) groups is 1. The number of para-hydroxylation sites is 1. The molecule has 0 heterocycles. The Balaban J connectivity index is 3.14. The largest absolute Gasteiger partial charge is 0.471 e. The highest BCUT2D eigenvalue weighted by Crippen LogP contribution is 2.26. The summed E-state index contributed by atoms with van der Waals surface area (Å²) in [6.45, 7) is 1.50. The van der Waals surface area contributed by atoms with Gasteiger partial charge in [-0.25, -0.2) is 0 Å². The molecule has 0 saturated carbocycles. The summed E-state index contributed by atoms with van der Waals surface area (Å²) in [5.74, 6) is -1.87. The molecule has 0 saturated heterocycles. The molecule has 0 fully saturated rings. The Morgan fingerprint density at radius 1 is 1.35 bits per heavy atom. The number of hydrogen-bond donors (Lipinski definition) is 1. The molecule has 1 aromatic rings. The molecule has 6 heteroatoms. The van der Waals surface area contributed by atoms with Gasteiger partial charge in [0.1, 0.15) is 0 Å². The topological polar surface area (TPSA) is 46.3 Å². The van der Waals surface area contributed by atoms with Crippen LogP contribution in [-0.2, 0) is 11.3 Å². The lowest BCUT2D eigenvalue weighted by Crippen LogP contribution is -2.41. The van der Waals surface area contributed by atoms with Crippen molar-refractivity contribution in [3.05, 3.63) is 29.8 Å². The predicted molar refractivity (Wildman–Crippen MR) is 58.4 cm³/mol. The molecule has 0 aliphatic rings. The van der Waals surface area contributed by atoms with Crippen LogP contribution in [0.5, 0.6) is 0 Å². The van der Waals surface area contributed by atoms with Gasteiger partial charge in [0, 0.05) is 18.8 Å². The van der Waals surface area contributed by atoms with Crippen molar-refractivity contribution in [2.24, 2.45) is 5.73 Å². The van der Waals surface area contributed by atoms with Crippen molar-refractivity contribution in [2.45, 2.75) is 19.6 Å². The first kappa shape index (κ1) is 13.5. The molecule has 0 aliphatic carbocycles. The molecule has 0 aliphatic heterocycles. The van der Waals surface area contributed by atoms with Gasteiger partial charge >= 0.3 is 12.1 Å². The quantitative estimate of drug-likeness (QED) is 0.887. The van der Waals surface area contributed by atoms with E-state index in [-0.39, 0.29) is 18.8 Å². The van der Waals surface area contributed by atoms with Crippen LogP contribution in [0.3, 0.4) is 0 Å². The second kappa shape index (κ2) is 5.18. The minimum atomic E-state index is -4.88. The summed E-state index contributed by atoms with van der Waals surface area (Å²) >= 11 is 0. The fourth-order valence-corrected chi connectivity index (χ4v) is 1.52. The minimum Gasteiger partial charge on any atom is -0.326 e. The predicted octanol–water partition coefficient (Wildman–Crippen LogP) is 2.06. The van der Waals surface area contributed by atoms with Crippen LogP contribution in [0, 0.1) is 0 Å². The molecule has 3 nitrogen and oxygen atoms in total. The maximum atomic E-state index is 12.4. The van der Waals surface area contributed by atoms with Gasteiger partial charge in [0.05, 0.1) is 0 Å². The number of nitrogens with zero attached hydrogens (tertiary/aromatic N) is 1. The van der Waals surface area contributed by atoms with Gasteiger partial charge in [-0.2, -0.15) is 13.2 Å². The van der Waals surface area contributed by atoms with Crippen molar-refractivity contribution in [3.8, 4) is 0 Å². The first-order valence-electron chi connectivity index (χ1n) is 5.08. The summed E-state index contributed by atoms with van der Waals surface area (Å²) in [6, 6.07) is 6.29. The zero-order valence-corrected chi connectivity index (χ0v) is 9.29. The zero-order valence-electron chi connectivity index (χ0n) is 9.29. The standard InChI is InChI=1S/C11H13F3N2O/c1-2-16(10(17)11(12,13)14)9-6-4-3-5-8(9)7-15/h3-6H,2,7,15H2,1H3. The lowest BCUT2D eigenvalue weighted by molar-refractivity contribution is -0.170. The zero-order chi connectivity index (χ0) is 13.1. The highest BCUT2D eigenvalue weighted by atomic mass is 19.4. The lowest BCUT2D eigenvalue weighted by Gasteiger charge is -2.24. The summed E-state index contributed by atoms with van der Waals surface area (Å²) < 4.78 is 37.2. The minimum absolute atomic E-state index is 0.0602. The maximum Gasteiger partial charge on any atom is 0.471 e. The molecule has 17 heavy (non-hydrogen) atoms. The SMILES string of the molecule is CCN(C(=O)C(F)(F)F)c1ccccc1CN. The maximum absolute atomic E-state index is 12.4. The Bertz CT molecular complexity index is 404. The third kappa shape index (κ3) is 2.97. The Labute approximate surface area is 97.0 Å². The molecular weight excluding hydrogens is 233 g/mol. The van der Waals surface area contributed by atoms with Crippen LogP contribution in [0.1, 0.15) is 12.5 Å². The Kier molecular flexibility index (Phi) is 4.11. The third-order valence-corrected chi connectivity index (χ3v) is 2.31. The first-order chi connectivity index (χ1) is 7.91. The van der Waals surface area contributed by atoms with Gasteiger partial charge in [0.2, 0.25) is 0 Å². The first-order valence-corrected chi connectivity index (χ1v) is 5.08. The lowest BCUT2D eigenvalue weighted by atomic mass is 10.1. The van der Waals surface area contributed by atoms with Crippen LogP contribution >= 0.6 is 0 Å². The van der Waals surface area contributed by atoms with Crippen LogP contribution < -0.4 is 10.6 Å². The van der Waals surface area contributed by atoms with Crippen molar-refractivity contribution in [1.29, 1.82) is 0 Å². The fraction of sp³-hybridized carbons (Fsp3) is 0.364. The van der Waals surface area contributed by atoms with Crippen molar-refractivity contribution in [2.75, 3.05) is 11.4 Å². The molecule has 1 rings (SSSR count). The molecule has 0 atom stereocenters. The number of hydrogen-bond acceptors (Lipinski definition) is 2. The summed E-state index contributed by atoms with van der Waals surface area (Å²) in [5.41, 5.74) is 6.15. The highest BCUT2D eigenvalue weighted by Gasteiger charge is 2.42. The number of halogens is 3. The van der Waals surface area contributed by atoms with Gasteiger partial charge in [-0.15, -0.1) is 0 Å². The Morgan fingerprint density at radius 3 is 2.41 bits per heavy atom. The molecule has 1 aromatic carbocycles. The van der Waals surface area contributed by atoms with E-state index in [9.17, 15) is 18.0 Å². The summed E-state index contributed by atoms with van der Waals surface area (Å²) in [7, 11) is 0. The highest BCUT2D eigenvalue weighted by molar-refractivity contribution is 5.97. The molecule has 0 spiro atoms. The number of amides is 1. The van der Waals surface area contributed by atoms with Gasteiger partial charge in [0.25, 0.3) is 0 Å². The monoisotopic (exact) mass is 246 g/mol. The Hall–Kier alpha value is -1.56. The average Bonchev–Trinajstić information content (AvgIpc) is 2.29. The smallest absolute Gasteiger partial charge is 0.326 e. The van der Waals surface area contributed by atoms with E-state index < -0.39 is 12.1 Å². The van der Waals surface area contributed by atoms with E-state index in [2.05, 4.69) is 0 Å². The van der Waals surface area contributed by atoms with Gasteiger partial charge in [0.15, 0.2) is 0 Å². The average molecular weight is 246 g/mol. The van der Waals surface area contributed by atoms with E-state index in [1.165, 1.54) is 13.0 Å². The summed E-state index contributed by atoms with van der Waals surface area (Å²) in [5, 5.41) is 0. The number of anilines is 1. The van der Waals surface area contributed by atoms with Gasteiger partial charge in [-0.05, 0) is 18.6 Å². The van der Waals surface area contributed by atoms with E-state index in [1.54, 1.807) is 18.2 Å². The number of nitrogens with two attached hydrogens (primary N) is 1. The fourth-order valence-electron chi connectivity index (χ4n) is 1.52. The van der Waals surface area contributed by atoms with E-state index in [1.807, 2.05) is 0 Å². The van der Waals surface area contributed by atoms with Crippen LogP contribution in [0.25, 0.3) is 0 Å². The molecule has 0 aromatic heterocycles. The van der Waals surface area contributed by atoms with Crippen molar-refractivity contribution >= 4 is 11.6 Å². The van der Waals surface area contributed by atoms with Crippen molar-refractivity contribution in [1.82, 2.24) is 0 Å². The van der Waals surface area contributed by atoms with E-state index in [0.29, 0.717) is 10.5 Å². The Morgan fingerprint density at radius 2 is 1.94 bits per heavy atom. The summed E-state index contributed by atoms with van der Waals surface area (Å²) in [6.07, 6.45) is -4.88. The van der Waals surface area contributed by atoms with Crippen LogP contribution in [0.4, 0.5) is 18.9 Å².